The highest BCUT2D eigenvalue weighted by Gasteiger charge is 2.70. The standard InChI is InChI=1S/C47H57NO30S/c1-17(49)64-13-29-32(67-20(4)52)35(70-23(7)55)38(73-26(10)58)41(76-29)44(61)47(48-16-79,45(62)42-39(74-27(11)59)36(71-24(8)56)33(68-21(5)53)30(77-42)14-65-18(2)50)46(63)43-40(75-28(12)60)37(72-25(9)57)34(69-22(6)54)31(78-43)15-66-19(3)51/h29-43H,13-15H2,1-12H3/t29-,30-,31-,32-,33-,34-,35+,36+,37+,38+,39+,40+,41+,42+,43+/m1/s1. The molecule has 79 heavy (non-hydrogen) atoms. The van der Waals surface area contributed by atoms with Crippen LogP contribution in [0.3, 0.4) is 0 Å². The smallest absolute Gasteiger partial charge is 0.303 e. The van der Waals surface area contributed by atoms with Gasteiger partial charge in [-0.3, -0.25) is 71.9 Å². The van der Waals surface area contributed by atoms with Gasteiger partial charge >= 0.3 is 71.6 Å². The maximum absolute atomic E-state index is 16.3. The summed E-state index contributed by atoms with van der Waals surface area (Å²) in [6.45, 7) is 6.76. The van der Waals surface area contributed by atoms with E-state index in [-0.39, 0.29) is 0 Å². The minimum absolute atomic E-state index is 0.742. The van der Waals surface area contributed by atoms with Gasteiger partial charge in [0.15, 0.2) is 73.2 Å². The molecule has 31 nitrogen and oxygen atoms in total. The predicted octanol–water partition coefficient (Wildman–Crippen LogP) is -2.09. The van der Waals surface area contributed by atoms with Crippen molar-refractivity contribution in [3.05, 3.63) is 0 Å². The second kappa shape index (κ2) is 28.8. The number of carbonyl (C=O) groups is 15. The van der Waals surface area contributed by atoms with Crippen molar-refractivity contribution in [1.29, 1.82) is 0 Å². The zero-order valence-electron chi connectivity index (χ0n) is 44.4. The Morgan fingerprint density at radius 3 is 0.696 bits per heavy atom. The van der Waals surface area contributed by atoms with Crippen molar-refractivity contribution < 1.29 is 143 Å². The molecule has 15 atom stereocenters. The van der Waals surface area contributed by atoms with Crippen molar-refractivity contribution in [3.63, 3.8) is 0 Å². The molecule has 32 heteroatoms. The molecular formula is C47H57NO30S. The molecule has 0 saturated carbocycles. The first-order valence-corrected chi connectivity index (χ1v) is 23.8. The Labute approximate surface area is 453 Å². The predicted molar refractivity (Wildman–Crippen MR) is 249 cm³/mol. The molecule has 0 aliphatic carbocycles. The van der Waals surface area contributed by atoms with Gasteiger partial charge in [-0.05, 0) is 12.2 Å². The maximum atomic E-state index is 16.3. The summed E-state index contributed by atoms with van der Waals surface area (Å²) < 4.78 is 82.5. The Morgan fingerprint density at radius 2 is 0.519 bits per heavy atom. The lowest BCUT2D eigenvalue weighted by Gasteiger charge is -2.48. The Bertz CT molecular complexity index is 2230. The van der Waals surface area contributed by atoms with Crippen molar-refractivity contribution >= 4 is 106 Å². The van der Waals surface area contributed by atoms with Gasteiger partial charge in [-0.25, -0.2) is 4.99 Å². The molecule has 3 aliphatic rings. The molecule has 0 N–H and O–H groups in total. The van der Waals surface area contributed by atoms with E-state index in [0.717, 1.165) is 83.1 Å². The molecule has 0 aromatic rings. The molecule has 3 rings (SSSR count). The summed E-state index contributed by atoms with van der Waals surface area (Å²) in [7, 11) is 0. The minimum Gasteiger partial charge on any atom is -0.463 e. The summed E-state index contributed by atoms with van der Waals surface area (Å²) in [4.78, 5) is 205. The number of hydrogen-bond donors (Lipinski definition) is 0. The Balaban J connectivity index is 2.75. The molecule has 0 spiro atoms. The monoisotopic (exact) mass is 1150 g/mol. The van der Waals surface area contributed by atoms with Gasteiger partial charge in [0, 0.05) is 83.1 Å². The SMILES string of the molecule is CC(=O)OC[C@H]1O[C@H](C(=O)C(N=C=S)(C(=O)[C@H]2O[C@H](COC(C)=O)[C@@H](OC(C)=O)[C@H](OC(C)=O)[C@@H]2OC(C)=O)C(=O)[C@H]2O[C@H](COC(C)=O)[C@@H](OC(C)=O)[C@H](OC(C)=O)[C@@H]2OC(C)=O)[C@@H](OC(C)=O)[C@@H](OC(C)=O)[C@@H]1OC(C)=O. The number of hydrogen-bond acceptors (Lipinski definition) is 32. The summed E-state index contributed by atoms with van der Waals surface area (Å²) in [6, 6.07) is 0. The fourth-order valence-corrected chi connectivity index (χ4v) is 8.67. The van der Waals surface area contributed by atoms with Crippen LogP contribution >= 0.6 is 12.2 Å². The van der Waals surface area contributed by atoms with Crippen molar-refractivity contribution in [3.8, 4) is 0 Å². The quantitative estimate of drug-likeness (QED) is 0.0369. The number of rotatable bonds is 22. The molecular weight excluding hydrogens is 1090 g/mol. The van der Waals surface area contributed by atoms with E-state index < -0.39 is 206 Å². The highest BCUT2D eigenvalue weighted by molar-refractivity contribution is 7.78. The van der Waals surface area contributed by atoms with Gasteiger partial charge in [0.1, 0.15) is 38.1 Å². The summed E-state index contributed by atoms with van der Waals surface area (Å²) in [5, 5.41) is 1.71. The van der Waals surface area contributed by atoms with Crippen LogP contribution in [0.1, 0.15) is 83.1 Å². The van der Waals surface area contributed by atoms with E-state index in [1.165, 1.54) is 0 Å². The third-order valence-electron chi connectivity index (χ3n) is 11.0. The number of ether oxygens (including phenoxy) is 15. The summed E-state index contributed by atoms with van der Waals surface area (Å²) in [6.07, 6.45) is -34.9. The Hall–Kier alpha value is -7.67. The number of carbonyl (C=O) groups excluding carboxylic acids is 15. The van der Waals surface area contributed by atoms with Crippen LogP contribution in [0, 0.1) is 0 Å². The number of esters is 12. The Kier molecular flexibility index (Phi) is 23.9. The minimum atomic E-state index is -4.24. The van der Waals surface area contributed by atoms with Crippen LogP contribution in [-0.4, -0.2) is 211 Å². The van der Waals surface area contributed by atoms with Crippen LogP contribution in [-0.2, 0) is 143 Å². The number of ketones is 3. The van der Waals surface area contributed by atoms with E-state index >= 15 is 14.4 Å². The van der Waals surface area contributed by atoms with Crippen molar-refractivity contribution in [2.45, 2.75) is 180 Å². The van der Waals surface area contributed by atoms with Gasteiger partial charge in [-0.15, -0.1) is 0 Å². The van der Waals surface area contributed by atoms with Crippen LogP contribution in [0.25, 0.3) is 0 Å². The van der Waals surface area contributed by atoms with E-state index in [1.54, 1.807) is 5.16 Å². The summed E-state index contributed by atoms with van der Waals surface area (Å²) in [5.41, 5.74) is -4.24. The third-order valence-corrected chi connectivity index (χ3v) is 11.1. The lowest BCUT2D eigenvalue weighted by atomic mass is 9.72. The lowest BCUT2D eigenvalue weighted by molar-refractivity contribution is -0.254. The molecule has 0 amide bonds. The number of Topliss-reactive ketones (excluding diaryl/α,β-unsaturated/α-hetero) is 3. The van der Waals surface area contributed by atoms with Crippen LogP contribution < -0.4 is 0 Å². The van der Waals surface area contributed by atoms with Crippen molar-refractivity contribution in [2.75, 3.05) is 19.8 Å². The van der Waals surface area contributed by atoms with Gasteiger partial charge in [0.05, 0.1) is 5.16 Å². The second-order valence-electron chi connectivity index (χ2n) is 17.4. The Morgan fingerprint density at radius 1 is 0.329 bits per heavy atom. The largest absolute Gasteiger partial charge is 0.463 e. The van der Waals surface area contributed by atoms with Gasteiger partial charge in [-0.2, -0.15) is 0 Å². The van der Waals surface area contributed by atoms with E-state index in [0.29, 0.717) is 0 Å². The van der Waals surface area contributed by atoms with Crippen LogP contribution in [0.15, 0.2) is 4.99 Å². The molecule has 0 radical (unpaired) electrons. The van der Waals surface area contributed by atoms with E-state index in [2.05, 4.69) is 4.99 Å². The average Bonchev–Trinajstić information content (AvgIpc) is 3.30. The highest BCUT2D eigenvalue weighted by atomic mass is 32.1. The first-order chi connectivity index (χ1) is 36.8. The molecule has 0 aromatic carbocycles. The van der Waals surface area contributed by atoms with Crippen LogP contribution in [0.4, 0.5) is 0 Å². The first-order valence-electron chi connectivity index (χ1n) is 23.4. The molecule has 3 saturated heterocycles. The second-order valence-corrected chi connectivity index (χ2v) is 17.5. The van der Waals surface area contributed by atoms with E-state index in [1.807, 2.05) is 0 Å². The topological polar surface area (TPSA) is 407 Å². The van der Waals surface area contributed by atoms with Gasteiger partial charge in [0.2, 0.25) is 17.3 Å². The first kappa shape index (κ1) is 65.6. The molecule has 0 bridgehead atoms. The third kappa shape index (κ3) is 17.4. The maximum Gasteiger partial charge on any atom is 0.303 e. The number of thiocarbonyl (C=S) groups is 1. The van der Waals surface area contributed by atoms with E-state index in [4.69, 9.17) is 83.3 Å². The van der Waals surface area contributed by atoms with Gasteiger partial charge in [-0.1, -0.05) is 0 Å². The normalized spacial score (nSPS) is 28.1. The van der Waals surface area contributed by atoms with Gasteiger partial charge < -0.3 is 71.1 Å². The van der Waals surface area contributed by atoms with Gasteiger partial charge in [0.25, 0.3) is 5.54 Å². The zero-order chi connectivity index (χ0) is 60.0. The van der Waals surface area contributed by atoms with Crippen molar-refractivity contribution in [2.24, 2.45) is 4.99 Å². The van der Waals surface area contributed by atoms with Crippen LogP contribution in [0.5, 0.6) is 0 Å². The average molecular weight is 1150 g/mol. The molecule has 3 fully saturated rings. The zero-order valence-corrected chi connectivity index (χ0v) is 45.2. The lowest BCUT2D eigenvalue weighted by Crippen LogP contribution is -2.74. The molecule has 436 valence electrons. The summed E-state index contributed by atoms with van der Waals surface area (Å²) >= 11 is 4.98. The fraction of sp³-hybridized carbons (Fsp3) is 0.660. The number of nitrogens with zero attached hydrogens (tertiary/aromatic N) is 1. The number of isothiocyanates is 1. The fourth-order valence-electron chi connectivity index (χ4n) is 8.53. The molecule has 3 aliphatic heterocycles. The van der Waals surface area contributed by atoms with Crippen molar-refractivity contribution in [1.82, 2.24) is 0 Å². The molecule has 0 unspecified atom stereocenters. The molecule has 3 heterocycles. The summed E-state index contributed by atoms with van der Waals surface area (Å²) in [5.74, 6) is -20.7. The molecule has 0 aromatic heterocycles. The van der Waals surface area contributed by atoms with E-state index in [9.17, 15) is 57.5 Å². The highest BCUT2D eigenvalue weighted by Crippen LogP contribution is 2.40. The van der Waals surface area contributed by atoms with Crippen LogP contribution in [0.2, 0.25) is 0 Å². The number of aliphatic imine (C=N–C) groups is 1.